The van der Waals surface area contributed by atoms with Gasteiger partial charge in [0.15, 0.2) is 0 Å². The SMILES string of the molecule is CC(C)CC1(CNC(=O)C2(N)CCOCC2)CCCC1.Cl. The van der Waals surface area contributed by atoms with Crippen LogP contribution in [-0.4, -0.2) is 31.2 Å². The fourth-order valence-corrected chi connectivity index (χ4v) is 3.85. The van der Waals surface area contributed by atoms with Crippen LogP contribution in [-0.2, 0) is 9.53 Å². The number of halogens is 1. The number of nitrogens with one attached hydrogen (secondary N) is 1. The maximum Gasteiger partial charge on any atom is 0.240 e. The zero-order valence-corrected chi connectivity index (χ0v) is 14.3. The number of hydrogen-bond donors (Lipinski definition) is 2. The summed E-state index contributed by atoms with van der Waals surface area (Å²) in [5.74, 6) is 0.704. The first kappa shape index (κ1) is 18.7. The van der Waals surface area contributed by atoms with Crippen molar-refractivity contribution in [3.05, 3.63) is 0 Å². The number of carbonyl (C=O) groups is 1. The zero-order valence-electron chi connectivity index (χ0n) is 13.5. The normalized spacial score (nSPS) is 23.6. The lowest BCUT2D eigenvalue weighted by Crippen LogP contribution is -2.58. The van der Waals surface area contributed by atoms with E-state index in [4.69, 9.17) is 10.5 Å². The molecule has 124 valence electrons. The van der Waals surface area contributed by atoms with Gasteiger partial charge in [-0.2, -0.15) is 0 Å². The van der Waals surface area contributed by atoms with Gasteiger partial charge in [-0.15, -0.1) is 12.4 Å². The average Bonchev–Trinajstić information content (AvgIpc) is 2.85. The first-order valence-electron chi connectivity index (χ1n) is 8.11. The topological polar surface area (TPSA) is 64.4 Å². The van der Waals surface area contributed by atoms with Crippen LogP contribution in [0.3, 0.4) is 0 Å². The highest BCUT2D eigenvalue weighted by Crippen LogP contribution is 2.42. The number of nitrogens with two attached hydrogens (primary N) is 1. The third kappa shape index (κ3) is 4.83. The number of rotatable bonds is 5. The van der Waals surface area contributed by atoms with Crippen molar-refractivity contribution in [2.45, 2.75) is 64.3 Å². The molecule has 2 fully saturated rings. The largest absolute Gasteiger partial charge is 0.381 e. The van der Waals surface area contributed by atoms with Crippen LogP contribution < -0.4 is 11.1 Å². The molecule has 2 rings (SSSR count). The highest BCUT2D eigenvalue weighted by molar-refractivity contribution is 5.86. The van der Waals surface area contributed by atoms with E-state index in [0.29, 0.717) is 37.4 Å². The predicted molar refractivity (Wildman–Crippen MR) is 87.6 cm³/mol. The summed E-state index contributed by atoms with van der Waals surface area (Å²) in [6.07, 6.45) is 7.55. The third-order valence-corrected chi connectivity index (χ3v) is 4.97. The fraction of sp³-hybridized carbons (Fsp3) is 0.938. The van der Waals surface area contributed by atoms with E-state index >= 15 is 0 Å². The number of carbonyl (C=O) groups excluding carboxylic acids is 1. The van der Waals surface area contributed by atoms with Gasteiger partial charge in [-0.3, -0.25) is 4.79 Å². The summed E-state index contributed by atoms with van der Waals surface area (Å²) >= 11 is 0. The van der Waals surface area contributed by atoms with E-state index in [-0.39, 0.29) is 18.3 Å². The minimum Gasteiger partial charge on any atom is -0.381 e. The monoisotopic (exact) mass is 318 g/mol. The van der Waals surface area contributed by atoms with Gasteiger partial charge >= 0.3 is 0 Å². The Morgan fingerprint density at radius 1 is 1.19 bits per heavy atom. The second-order valence-corrected chi connectivity index (χ2v) is 7.26. The quantitative estimate of drug-likeness (QED) is 0.819. The van der Waals surface area contributed by atoms with Gasteiger partial charge in [0.2, 0.25) is 5.91 Å². The molecule has 0 aromatic carbocycles. The van der Waals surface area contributed by atoms with Crippen molar-refractivity contribution in [3.8, 4) is 0 Å². The maximum absolute atomic E-state index is 12.4. The van der Waals surface area contributed by atoms with Crippen LogP contribution >= 0.6 is 12.4 Å². The molecule has 0 unspecified atom stereocenters. The van der Waals surface area contributed by atoms with Crippen molar-refractivity contribution in [3.63, 3.8) is 0 Å². The summed E-state index contributed by atoms with van der Waals surface area (Å²) in [5, 5.41) is 3.16. The van der Waals surface area contributed by atoms with Crippen LogP contribution in [0.1, 0.15) is 58.8 Å². The van der Waals surface area contributed by atoms with Gasteiger partial charge in [0, 0.05) is 19.8 Å². The van der Waals surface area contributed by atoms with Crippen molar-refractivity contribution < 1.29 is 9.53 Å². The zero-order chi connectivity index (χ0) is 14.6. The van der Waals surface area contributed by atoms with E-state index < -0.39 is 5.54 Å². The van der Waals surface area contributed by atoms with Crippen LogP contribution in [0.15, 0.2) is 0 Å². The van der Waals surface area contributed by atoms with Gasteiger partial charge in [0.25, 0.3) is 0 Å². The molecule has 1 amide bonds. The molecular formula is C16H31ClN2O2. The Balaban J connectivity index is 0.00000220. The average molecular weight is 319 g/mol. The molecule has 0 aromatic heterocycles. The summed E-state index contributed by atoms with van der Waals surface area (Å²) < 4.78 is 5.31. The van der Waals surface area contributed by atoms with Crippen LogP contribution in [0.4, 0.5) is 0 Å². The molecule has 0 bridgehead atoms. The molecule has 0 radical (unpaired) electrons. The Kier molecular flexibility index (Phi) is 6.95. The van der Waals surface area contributed by atoms with Crippen LogP contribution in [0.2, 0.25) is 0 Å². The van der Waals surface area contributed by atoms with Crippen molar-refractivity contribution >= 4 is 18.3 Å². The molecule has 1 aliphatic heterocycles. The van der Waals surface area contributed by atoms with Crippen molar-refractivity contribution in [1.29, 1.82) is 0 Å². The van der Waals surface area contributed by atoms with E-state index in [1.807, 2.05) is 0 Å². The number of ether oxygens (including phenoxy) is 1. The lowest BCUT2D eigenvalue weighted by atomic mass is 9.78. The maximum atomic E-state index is 12.4. The van der Waals surface area contributed by atoms with E-state index in [9.17, 15) is 4.79 Å². The molecule has 2 aliphatic rings. The lowest BCUT2D eigenvalue weighted by Gasteiger charge is -2.35. The second-order valence-electron chi connectivity index (χ2n) is 7.26. The molecule has 5 heteroatoms. The summed E-state index contributed by atoms with van der Waals surface area (Å²) in [6.45, 7) is 6.53. The Bertz CT molecular complexity index is 335. The molecule has 0 spiro atoms. The molecule has 21 heavy (non-hydrogen) atoms. The van der Waals surface area contributed by atoms with Crippen molar-refractivity contribution in [2.24, 2.45) is 17.1 Å². The van der Waals surface area contributed by atoms with E-state index in [0.717, 1.165) is 6.54 Å². The standard InChI is InChI=1S/C16H30N2O2.ClH/c1-13(2)11-15(5-3-4-6-15)12-18-14(19)16(17)7-9-20-10-8-16;/h13H,3-12,17H2,1-2H3,(H,18,19);1H. The Labute approximate surface area is 135 Å². The molecule has 3 N–H and O–H groups in total. The Hall–Kier alpha value is -0.320. The first-order valence-corrected chi connectivity index (χ1v) is 8.11. The first-order chi connectivity index (χ1) is 9.46. The molecule has 0 aromatic rings. The van der Waals surface area contributed by atoms with E-state index in [1.165, 1.54) is 32.1 Å². The molecule has 1 aliphatic carbocycles. The molecule has 1 saturated carbocycles. The lowest BCUT2D eigenvalue weighted by molar-refractivity contribution is -0.130. The summed E-state index contributed by atoms with van der Waals surface area (Å²) in [5.41, 5.74) is 5.84. The highest BCUT2D eigenvalue weighted by atomic mass is 35.5. The van der Waals surface area contributed by atoms with E-state index in [2.05, 4.69) is 19.2 Å². The molecular weight excluding hydrogens is 288 g/mol. The van der Waals surface area contributed by atoms with Crippen molar-refractivity contribution in [1.82, 2.24) is 5.32 Å². The second kappa shape index (κ2) is 7.80. The highest BCUT2D eigenvalue weighted by Gasteiger charge is 2.39. The molecule has 1 saturated heterocycles. The van der Waals surface area contributed by atoms with Gasteiger partial charge in [-0.05, 0) is 43.4 Å². The van der Waals surface area contributed by atoms with Gasteiger partial charge in [-0.1, -0.05) is 26.7 Å². The van der Waals surface area contributed by atoms with Crippen LogP contribution in [0, 0.1) is 11.3 Å². The van der Waals surface area contributed by atoms with Gasteiger partial charge < -0.3 is 15.8 Å². The van der Waals surface area contributed by atoms with Gasteiger partial charge in [0.1, 0.15) is 0 Å². The minimum absolute atomic E-state index is 0. The number of hydrogen-bond acceptors (Lipinski definition) is 3. The third-order valence-electron chi connectivity index (χ3n) is 4.97. The summed E-state index contributed by atoms with van der Waals surface area (Å²) in [7, 11) is 0. The smallest absolute Gasteiger partial charge is 0.240 e. The molecule has 4 nitrogen and oxygen atoms in total. The Morgan fingerprint density at radius 3 is 2.29 bits per heavy atom. The predicted octanol–water partition coefficient (Wildman–Crippen LogP) is 2.64. The summed E-state index contributed by atoms with van der Waals surface area (Å²) in [6, 6.07) is 0. The molecule has 1 heterocycles. The number of amides is 1. The minimum atomic E-state index is -0.712. The molecule has 0 atom stereocenters. The van der Waals surface area contributed by atoms with Gasteiger partial charge in [-0.25, -0.2) is 0 Å². The summed E-state index contributed by atoms with van der Waals surface area (Å²) in [4.78, 5) is 12.4. The Morgan fingerprint density at radius 2 is 1.76 bits per heavy atom. The fourth-order valence-electron chi connectivity index (χ4n) is 3.85. The van der Waals surface area contributed by atoms with Gasteiger partial charge in [0.05, 0.1) is 5.54 Å². The van der Waals surface area contributed by atoms with Crippen molar-refractivity contribution in [2.75, 3.05) is 19.8 Å². The van der Waals surface area contributed by atoms with Crippen LogP contribution in [0.5, 0.6) is 0 Å². The van der Waals surface area contributed by atoms with Crippen LogP contribution in [0.25, 0.3) is 0 Å². The van der Waals surface area contributed by atoms with E-state index in [1.54, 1.807) is 0 Å².